The third-order valence-corrected chi connectivity index (χ3v) is 6.90. The number of hydrogen-bond acceptors (Lipinski definition) is 4. The predicted molar refractivity (Wildman–Crippen MR) is 134 cm³/mol. The van der Waals surface area contributed by atoms with Gasteiger partial charge in [0.05, 0.1) is 30.4 Å². The van der Waals surface area contributed by atoms with E-state index < -0.39 is 0 Å². The van der Waals surface area contributed by atoms with Crippen molar-refractivity contribution >= 4 is 40.5 Å². The van der Waals surface area contributed by atoms with Crippen LogP contribution in [0.1, 0.15) is 34.9 Å². The Labute approximate surface area is 199 Å². The number of hydrogen-bond donors (Lipinski definition) is 0. The Kier molecular flexibility index (Phi) is 7.54. The van der Waals surface area contributed by atoms with Gasteiger partial charge in [-0.1, -0.05) is 47.9 Å². The van der Waals surface area contributed by atoms with E-state index in [0.29, 0.717) is 17.5 Å². The molecule has 1 aliphatic carbocycles. The number of aryl methyl sites for hydroxylation is 2. The van der Waals surface area contributed by atoms with E-state index in [9.17, 15) is 0 Å². The molecule has 1 aliphatic rings. The van der Waals surface area contributed by atoms with E-state index in [0.717, 1.165) is 32.6 Å². The van der Waals surface area contributed by atoms with Crippen molar-refractivity contribution in [1.82, 2.24) is 4.98 Å². The molecule has 0 radical (unpaired) electrons. The van der Waals surface area contributed by atoms with E-state index in [1.54, 1.807) is 18.4 Å². The Bertz CT molecular complexity index is 1090. The predicted octanol–water partition coefficient (Wildman–Crippen LogP) is 7.10. The van der Waals surface area contributed by atoms with Gasteiger partial charge in [-0.05, 0) is 55.9 Å². The second-order valence-corrected chi connectivity index (χ2v) is 9.32. The number of aromatic nitrogens is 1. The lowest BCUT2D eigenvalue weighted by atomic mass is 10.0. The molecule has 2 aromatic carbocycles. The summed E-state index contributed by atoms with van der Waals surface area (Å²) in [6, 6.07) is 14.8. The molecule has 4 rings (SSSR count). The molecule has 0 amide bonds. The monoisotopic (exact) mass is 472 g/mol. The van der Waals surface area contributed by atoms with Gasteiger partial charge in [0.15, 0.2) is 5.13 Å². The van der Waals surface area contributed by atoms with E-state index in [-0.39, 0.29) is 18.4 Å². The lowest BCUT2D eigenvalue weighted by Gasteiger charge is -2.30. The lowest BCUT2D eigenvalue weighted by molar-refractivity contribution is 0.412. The van der Waals surface area contributed by atoms with Crippen LogP contribution < -0.4 is 9.64 Å². The summed E-state index contributed by atoms with van der Waals surface area (Å²) in [7, 11) is 1.66. The van der Waals surface area contributed by atoms with Crippen molar-refractivity contribution in [1.29, 1.82) is 0 Å². The minimum absolute atomic E-state index is 0. The van der Waals surface area contributed by atoms with Crippen LogP contribution in [0.3, 0.4) is 0 Å². The van der Waals surface area contributed by atoms with Crippen LogP contribution in [0, 0.1) is 32.1 Å². The van der Waals surface area contributed by atoms with Crippen molar-refractivity contribution in [3.63, 3.8) is 0 Å². The summed E-state index contributed by atoms with van der Waals surface area (Å²) >= 11 is 8.27. The number of halogens is 2. The maximum Gasteiger partial charge on any atom is 0.187 e. The Morgan fingerprint density at radius 3 is 2.58 bits per heavy atom. The molecule has 1 heterocycles. The van der Waals surface area contributed by atoms with Crippen molar-refractivity contribution in [2.75, 3.05) is 18.6 Å². The van der Waals surface area contributed by atoms with Gasteiger partial charge in [0, 0.05) is 10.4 Å². The molecule has 0 saturated heterocycles. The highest BCUT2D eigenvalue weighted by Crippen LogP contribution is 2.48. The number of ether oxygens (including phenoxy) is 1. The molecular weight excluding hydrogens is 447 g/mol. The van der Waals surface area contributed by atoms with E-state index in [4.69, 9.17) is 27.7 Å². The minimum atomic E-state index is 0. The first-order chi connectivity index (χ1) is 14.5. The lowest BCUT2D eigenvalue weighted by Crippen LogP contribution is -2.30. The normalized spacial score (nSPS) is 13.8. The Hall–Kier alpha value is -2.19. The van der Waals surface area contributed by atoms with Gasteiger partial charge in [0.1, 0.15) is 5.75 Å². The Morgan fingerprint density at radius 2 is 1.97 bits per heavy atom. The fraction of sp³-hybridized carbons (Fsp3) is 0.320. The third kappa shape index (κ3) is 4.85. The van der Waals surface area contributed by atoms with Gasteiger partial charge in [-0.15, -0.1) is 30.2 Å². The van der Waals surface area contributed by atoms with Gasteiger partial charge in [-0.3, -0.25) is 0 Å². The third-order valence-electron chi connectivity index (χ3n) is 5.58. The molecule has 1 saturated carbocycles. The standard InChI is InChI=1S/C25H25ClN2OS.ClH/c1-5-13-28(24(19-11-12-19)18-9-7-6-8-10-18)25-27-23(17(3)30-25)20-14-16(2)22(29-4)15-21(20)26;/h1,6-10,14-15,19,24H,11-13H2,2-4H3;1H/t24-;/m1./s1. The number of nitrogens with zero attached hydrogens (tertiary/aromatic N) is 2. The first-order valence-electron chi connectivity index (χ1n) is 10.1. The molecule has 31 heavy (non-hydrogen) atoms. The summed E-state index contributed by atoms with van der Waals surface area (Å²) in [4.78, 5) is 8.45. The molecule has 0 aliphatic heterocycles. The van der Waals surface area contributed by atoms with Gasteiger partial charge in [0.25, 0.3) is 0 Å². The van der Waals surface area contributed by atoms with Crippen molar-refractivity contribution in [3.8, 4) is 29.4 Å². The van der Waals surface area contributed by atoms with Crippen molar-refractivity contribution < 1.29 is 4.74 Å². The van der Waals surface area contributed by atoms with Crippen LogP contribution >= 0.6 is 35.3 Å². The van der Waals surface area contributed by atoms with Gasteiger partial charge < -0.3 is 9.64 Å². The number of anilines is 1. The Balaban J connectivity index is 0.00000272. The summed E-state index contributed by atoms with van der Waals surface area (Å²) in [5, 5.41) is 1.59. The van der Waals surface area contributed by atoms with Gasteiger partial charge in [-0.25, -0.2) is 4.98 Å². The number of thiazole rings is 1. The van der Waals surface area contributed by atoms with Crippen LogP contribution in [-0.2, 0) is 0 Å². The molecule has 3 nitrogen and oxygen atoms in total. The summed E-state index contributed by atoms with van der Waals surface area (Å²) in [6.45, 7) is 4.64. The zero-order valence-corrected chi connectivity index (χ0v) is 20.3. The molecule has 1 fully saturated rings. The maximum atomic E-state index is 6.59. The molecule has 0 spiro atoms. The molecule has 1 atom stereocenters. The molecule has 0 N–H and O–H groups in total. The van der Waals surface area contributed by atoms with Crippen molar-refractivity contribution in [3.05, 3.63) is 63.5 Å². The highest BCUT2D eigenvalue weighted by molar-refractivity contribution is 7.16. The second kappa shape index (κ2) is 9.96. The van der Waals surface area contributed by atoms with Gasteiger partial charge in [-0.2, -0.15) is 0 Å². The number of terminal acetylenes is 1. The van der Waals surface area contributed by atoms with Gasteiger partial charge >= 0.3 is 0 Å². The molecule has 0 unspecified atom stereocenters. The topological polar surface area (TPSA) is 25.4 Å². The molecule has 162 valence electrons. The fourth-order valence-electron chi connectivity index (χ4n) is 3.97. The number of rotatable bonds is 7. The van der Waals surface area contributed by atoms with Crippen LogP contribution in [-0.4, -0.2) is 18.6 Å². The van der Waals surface area contributed by atoms with Crippen LogP contribution in [0.4, 0.5) is 5.13 Å². The second-order valence-electron chi connectivity index (χ2n) is 7.73. The fourth-order valence-corrected chi connectivity index (χ4v) is 5.17. The smallest absolute Gasteiger partial charge is 0.187 e. The van der Waals surface area contributed by atoms with E-state index in [1.165, 1.54) is 18.4 Å². The van der Waals surface area contributed by atoms with Crippen molar-refractivity contribution in [2.24, 2.45) is 5.92 Å². The highest BCUT2D eigenvalue weighted by atomic mass is 35.5. The SMILES string of the molecule is C#CCN(c1nc(-c2cc(C)c(OC)cc2Cl)c(C)s1)[C@H](c1ccccc1)C1CC1.Cl. The van der Waals surface area contributed by atoms with Crippen LogP contribution in [0.2, 0.25) is 5.02 Å². The zero-order valence-electron chi connectivity index (χ0n) is 17.9. The highest BCUT2D eigenvalue weighted by Gasteiger charge is 2.37. The van der Waals surface area contributed by atoms with Crippen LogP contribution in [0.5, 0.6) is 5.75 Å². The first-order valence-corrected chi connectivity index (χ1v) is 11.3. The first kappa shape index (κ1) is 23.5. The largest absolute Gasteiger partial charge is 0.496 e. The molecule has 3 aromatic rings. The number of methoxy groups -OCH3 is 1. The molecule has 1 aromatic heterocycles. The summed E-state index contributed by atoms with van der Waals surface area (Å²) < 4.78 is 5.40. The maximum absolute atomic E-state index is 6.59. The summed E-state index contributed by atoms with van der Waals surface area (Å²) in [5.74, 6) is 4.25. The zero-order chi connectivity index (χ0) is 21.3. The average Bonchev–Trinajstić information content (AvgIpc) is 3.51. The average molecular weight is 473 g/mol. The number of benzene rings is 2. The quantitative estimate of drug-likeness (QED) is 0.342. The Morgan fingerprint density at radius 1 is 1.26 bits per heavy atom. The van der Waals surface area contributed by atoms with Crippen molar-refractivity contribution in [2.45, 2.75) is 32.7 Å². The molecular formula is C25H26Cl2N2OS. The van der Waals surface area contributed by atoms with Crippen LogP contribution in [0.15, 0.2) is 42.5 Å². The molecule has 6 heteroatoms. The van der Waals surface area contributed by atoms with Gasteiger partial charge in [0.2, 0.25) is 0 Å². The van der Waals surface area contributed by atoms with Crippen LogP contribution in [0.25, 0.3) is 11.3 Å². The summed E-state index contributed by atoms with van der Waals surface area (Å²) in [6.07, 6.45) is 8.23. The minimum Gasteiger partial charge on any atom is -0.496 e. The van der Waals surface area contributed by atoms with E-state index >= 15 is 0 Å². The summed E-state index contributed by atoms with van der Waals surface area (Å²) in [5.41, 5.74) is 4.17. The van der Waals surface area contributed by atoms with E-state index in [2.05, 4.69) is 48.1 Å². The molecule has 0 bridgehead atoms. The van der Waals surface area contributed by atoms with E-state index in [1.807, 2.05) is 19.1 Å².